The molecule has 0 aliphatic carbocycles. The lowest BCUT2D eigenvalue weighted by molar-refractivity contribution is 0.0698. The van der Waals surface area contributed by atoms with Crippen molar-refractivity contribution in [3.05, 3.63) is 23.8 Å². The molecular formula is C12H13N3O3. The third-order valence-electron chi connectivity index (χ3n) is 3.41. The van der Waals surface area contributed by atoms with Gasteiger partial charge in [-0.2, -0.15) is 0 Å². The second-order valence-electron chi connectivity index (χ2n) is 4.78. The highest BCUT2D eigenvalue weighted by Crippen LogP contribution is 2.30. The normalized spacial score (nSPS) is 23.6. The monoisotopic (exact) mass is 247 g/mol. The number of aromatic nitrogens is 3. The predicted octanol–water partition coefficient (Wildman–Crippen LogP) is 1.26. The number of carbonyl (C=O) groups is 1. The number of fused-ring (bicyclic) bond motifs is 1. The van der Waals surface area contributed by atoms with Crippen LogP contribution in [0.5, 0.6) is 0 Å². The third-order valence-corrected chi connectivity index (χ3v) is 3.41. The molecule has 6 heteroatoms. The van der Waals surface area contributed by atoms with Crippen LogP contribution in [0.15, 0.2) is 18.2 Å². The Balaban J connectivity index is 2.27. The molecule has 2 heterocycles. The predicted molar refractivity (Wildman–Crippen MR) is 63.6 cm³/mol. The first kappa shape index (κ1) is 11.2. The smallest absolute Gasteiger partial charge is 0.337 e. The molecule has 1 saturated heterocycles. The summed E-state index contributed by atoms with van der Waals surface area (Å²) >= 11 is 0. The number of carboxylic acid groups (broad SMARTS) is 1. The first-order valence-corrected chi connectivity index (χ1v) is 5.78. The number of aromatic carboxylic acids is 1. The zero-order valence-electron chi connectivity index (χ0n) is 9.96. The molecule has 0 amide bonds. The fourth-order valence-electron chi connectivity index (χ4n) is 2.35. The lowest BCUT2D eigenvalue weighted by Gasteiger charge is -2.22. The molecule has 0 bridgehead atoms. The van der Waals surface area contributed by atoms with Crippen molar-refractivity contribution in [2.24, 2.45) is 0 Å². The van der Waals surface area contributed by atoms with Crippen molar-refractivity contribution < 1.29 is 14.6 Å². The summed E-state index contributed by atoms with van der Waals surface area (Å²) in [5.74, 6) is -0.966. The van der Waals surface area contributed by atoms with Gasteiger partial charge in [-0.15, -0.1) is 5.10 Å². The van der Waals surface area contributed by atoms with Gasteiger partial charge in [-0.1, -0.05) is 11.3 Å². The van der Waals surface area contributed by atoms with Crippen molar-refractivity contribution in [3.63, 3.8) is 0 Å². The zero-order chi connectivity index (χ0) is 12.8. The first-order chi connectivity index (χ1) is 8.62. The second kappa shape index (κ2) is 3.78. The van der Waals surface area contributed by atoms with E-state index in [1.54, 1.807) is 22.9 Å². The Labute approximate surface area is 103 Å². The molecule has 1 aliphatic rings. The van der Waals surface area contributed by atoms with Crippen molar-refractivity contribution >= 4 is 17.0 Å². The van der Waals surface area contributed by atoms with Gasteiger partial charge < -0.3 is 9.84 Å². The molecule has 1 atom stereocenters. The van der Waals surface area contributed by atoms with Gasteiger partial charge in [0.1, 0.15) is 11.0 Å². The van der Waals surface area contributed by atoms with Gasteiger partial charge in [0.25, 0.3) is 0 Å². The minimum absolute atomic E-state index is 0.227. The average molecular weight is 247 g/mol. The van der Waals surface area contributed by atoms with Crippen LogP contribution in [0, 0.1) is 0 Å². The number of rotatable bonds is 2. The molecule has 1 unspecified atom stereocenters. The fourth-order valence-corrected chi connectivity index (χ4v) is 2.35. The molecule has 1 aliphatic heterocycles. The highest BCUT2D eigenvalue weighted by molar-refractivity contribution is 6.00. The maximum atomic E-state index is 11.3. The number of benzene rings is 1. The van der Waals surface area contributed by atoms with E-state index >= 15 is 0 Å². The molecule has 18 heavy (non-hydrogen) atoms. The zero-order valence-corrected chi connectivity index (χ0v) is 9.96. The average Bonchev–Trinajstić information content (AvgIpc) is 2.95. The van der Waals surface area contributed by atoms with E-state index in [9.17, 15) is 9.90 Å². The number of para-hydroxylation sites is 1. The Hall–Kier alpha value is -1.95. The summed E-state index contributed by atoms with van der Waals surface area (Å²) in [6.45, 7) is 3.19. The van der Waals surface area contributed by atoms with Crippen LogP contribution in [-0.2, 0) is 10.3 Å². The van der Waals surface area contributed by atoms with E-state index in [0.717, 1.165) is 6.42 Å². The van der Waals surface area contributed by atoms with Crippen LogP contribution in [-0.4, -0.2) is 39.3 Å². The maximum absolute atomic E-state index is 11.3. The van der Waals surface area contributed by atoms with Crippen LogP contribution in [0.2, 0.25) is 0 Å². The lowest BCUT2D eigenvalue weighted by Crippen LogP contribution is -2.32. The number of hydrogen-bond acceptors (Lipinski definition) is 4. The van der Waals surface area contributed by atoms with Crippen LogP contribution in [0.25, 0.3) is 11.0 Å². The van der Waals surface area contributed by atoms with Gasteiger partial charge in [0.2, 0.25) is 0 Å². The van der Waals surface area contributed by atoms with Crippen molar-refractivity contribution in [1.82, 2.24) is 15.0 Å². The SMILES string of the molecule is CC1(n2nnc3cccc(C(=O)O)c32)CCOC1. The van der Waals surface area contributed by atoms with Crippen LogP contribution in [0.4, 0.5) is 0 Å². The quantitative estimate of drug-likeness (QED) is 0.864. The van der Waals surface area contributed by atoms with E-state index in [0.29, 0.717) is 24.2 Å². The van der Waals surface area contributed by atoms with Gasteiger partial charge in [-0.25, -0.2) is 9.48 Å². The Kier molecular flexibility index (Phi) is 2.34. The van der Waals surface area contributed by atoms with Crippen molar-refractivity contribution in [1.29, 1.82) is 0 Å². The summed E-state index contributed by atoms with van der Waals surface area (Å²) < 4.78 is 7.09. The first-order valence-electron chi connectivity index (χ1n) is 5.78. The molecule has 0 saturated carbocycles. The van der Waals surface area contributed by atoms with Gasteiger partial charge >= 0.3 is 5.97 Å². The maximum Gasteiger partial charge on any atom is 0.337 e. The Morgan fingerprint density at radius 3 is 3.06 bits per heavy atom. The largest absolute Gasteiger partial charge is 0.478 e. The molecule has 1 fully saturated rings. The highest BCUT2D eigenvalue weighted by atomic mass is 16.5. The fraction of sp³-hybridized carbons (Fsp3) is 0.417. The van der Waals surface area contributed by atoms with E-state index in [2.05, 4.69) is 10.3 Å². The number of hydrogen-bond donors (Lipinski definition) is 1. The summed E-state index contributed by atoms with van der Waals surface area (Å²) in [5.41, 5.74) is 1.08. The molecule has 2 aromatic rings. The van der Waals surface area contributed by atoms with Crippen LogP contribution in [0.1, 0.15) is 23.7 Å². The Bertz CT molecular complexity index is 614. The summed E-state index contributed by atoms with van der Waals surface area (Å²) in [5, 5.41) is 17.4. The summed E-state index contributed by atoms with van der Waals surface area (Å²) in [4.78, 5) is 11.3. The Morgan fingerprint density at radius 2 is 2.39 bits per heavy atom. The van der Waals surface area contributed by atoms with Gasteiger partial charge in [-0.05, 0) is 25.5 Å². The molecule has 0 radical (unpaired) electrons. The summed E-state index contributed by atoms with van der Waals surface area (Å²) in [6.07, 6.45) is 0.805. The van der Waals surface area contributed by atoms with Crippen molar-refractivity contribution in [2.45, 2.75) is 18.9 Å². The molecular weight excluding hydrogens is 234 g/mol. The number of carboxylic acids is 1. The van der Waals surface area contributed by atoms with Crippen molar-refractivity contribution in [3.8, 4) is 0 Å². The second-order valence-corrected chi connectivity index (χ2v) is 4.78. The molecule has 1 aromatic carbocycles. The molecule has 1 N–H and O–H groups in total. The highest BCUT2D eigenvalue weighted by Gasteiger charge is 2.35. The van der Waals surface area contributed by atoms with Gasteiger partial charge in [-0.3, -0.25) is 0 Å². The summed E-state index contributed by atoms with van der Waals surface area (Å²) in [6, 6.07) is 5.02. The number of nitrogens with zero attached hydrogens (tertiary/aromatic N) is 3. The topological polar surface area (TPSA) is 77.2 Å². The van der Waals surface area contributed by atoms with Crippen molar-refractivity contribution in [2.75, 3.05) is 13.2 Å². The minimum Gasteiger partial charge on any atom is -0.478 e. The molecule has 0 spiro atoms. The summed E-state index contributed by atoms with van der Waals surface area (Å²) in [7, 11) is 0. The van der Waals surface area contributed by atoms with Gasteiger partial charge in [0.15, 0.2) is 0 Å². The molecule has 6 nitrogen and oxygen atoms in total. The standard InChI is InChI=1S/C12H13N3O3/c1-12(5-6-18-7-12)15-10-8(11(16)17)3-2-4-9(10)13-14-15/h2-4H,5-7H2,1H3,(H,16,17). The van der Waals surface area contributed by atoms with E-state index in [4.69, 9.17) is 4.74 Å². The Morgan fingerprint density at radius 1 is 1.56 bits per heavy atom. The van der Waals surface area contributed by atoms with Crippen LogP contribution in [0.3, 0.4) is 0 Å². The van der Waals surface area contributed by atoms with E-state index in [-0.39, 0.29) is 11.1 Å². The molecule has 3 rings (SSSR count). The van der Waals surface area contributed by atoms with Crippen LogP contribution >= 0.6 is 0 Å². The minimum atomic E-state index is -0.966. The van der Waals surface area contributed by atoms with E-state index in [1.807, 2.05) is 6.92 Å². The third kappa shape index (κ3) is 1.49. The van der Waals surface area contributed by atoms with E-state index in [1.165, 1.54) is 0 Å². The van der Waals surface area contributed by atoms with E-state index < -0.39 is 5.97 Å². The number of ether oxygens (including phenoxy) is 1. The molecule has 94 valence electrons. The van der Waals surface area contributed by atoms with Gasteiger partial charge in [0.05, 0.1) is 17.7 Å². The van der Waals surface area contributed by atoms with Crippen LogP contribution < -0.4 is 0 Å². The lowest BCUT2D eigenvalue weighted by atomic mass is 10.0. The molecule has 1 aromatic heterocycles. The van der Waals surface area contributed by atoms with Gasteiger partial charge in [0, 0.05) is 6.61 Å².